The van der Waals surface area contributed by atoms with Crippen molar-refractivity contribution in [3.05, 3.63) is 47.2 Å². The molecule has 0 aliphatic carbocycles. The minimum absolute atomic E-state index is 0.216. The summed E-state index contributed by atoms with van der Waals surface area (Å²) in [4.78, 5) is 14.7. The van der Waals surface area contributed by atoms with Crippen molar-refractivity contribution in [1.82, 2.24) is 10.2 Å². The molecule has 0 saturated carbocycles. The highest BCUT2D eigenvalue weighted by atomic mass is 16.1. The maximum Gasteiger partial charge on any atom is 0.276 e. The average Bonchev–Trinajstić information content (AvgIpc) is 3.11. The number of aromatic nitrogens is 2. The third kappa shape index (κ3) is 3.40. The molecule has 2 aromatic rings. The minimum atomic E-state index is -0.216. The largest absolute Gasteiger partial charge is 0.355 e. The van der Waals surface area contributed by atoms with Gasteiger partial charge in [-0.05, 0) is 48.9 Å². The van der Waals surface area contributed by atoms with Gasteiger partial charge in [0.1, 0.15) is 0 Å². The van der Waals surface area contributed by atoms with Crippen molar-refractivity contribution in [1.29, 1.82) is 0 Å². The molecule has 1 aliphatic rings. The number of para-hydroxylation sites is 1. The van der Waals surface area contributed by atoms with Gasteiger partial charge in [0, 0.05) is 18.8 Å². The molecule has 0 atom stereocenters. The normalized spacial score (nSPS) is 14.2. The summed E-state index contributed by atoms with van der Waals surface area (Å²) in [5.74, 6) is 0.971. The Hall–Kier alpha value is -2.43. The first-order valence-corrected chi connectivity index (χ1v) is 8.56. The number of carbonyl (C=O) groups excluding carboxylic acids is 1. The van der Waals surface area contributed by atoms with Crippen LogP contribution >= 0.6 is 0 Å². The second kappa shape index (κ2) is 6.99. The molecule has 1 aromatic heterocycles. The highest BCUT2D eigenvalue weighted by Gasteiger charge is 2.17. The highest BCUT2D eigenvalue weighted by molar-refractivity contribution is 6.03. The van der Waals surface area contributed by atoms with Crippen LogP contribution in [0.15, 0.2) is 30.3 Å². The predicted molar refractivity (Wildman–Crippen MR) is 96.7 cm³/mol. The summed E-state index contributed by atoms with van der Waals surface area (Å²) in [7, 11) is 0. The zero-order chi connectivity index (χ0) is 17.1. The van der Waals surface area contributed by atoms with E-state index in [4.69, 9.17) is 0 Å². The number of aryl methyl sites for hydroxylation is 1. The van der Waals surface area contributed by atoms with E-state index in [1.54, 1.807) is 6.07 Å². The van der Waals surface area contributed by atoms with Crippen LogP contribution in [0.2, 0.25) is 0 Å². The van der Waals surface area contributed by atoms with Crippen LogP contribution in [0.5, 0.6) is 0 Å². The van der Waals surface area contributed by atoms with Gasteiger partial charge in [0.25, 0.3) is 5.91 Å². The number of anilines is 2. The van der Waals surface area contributed by atoms with Crippen LogP contribution in [0.3, 0.4) is 0 Å². The molecule has 0 spiro atoms. The molecule has 0 bridgehead atoms. The van der Waals surface area contributed by atoms with Gasteiger partial charge in [0.15, 0.2) is 11.5 Å². The molecule has 24 heavy (non-hydrogen) atoms. The highest BCUT2D eigenvalue weighted by Crippen LogP contribution is 2.27. The molecule has 0 radical (unpaired) electrons. The predicted octanol–water partition coefficient (Wildman–Crippen LogP) is 3.76. The number of benzene rings is 1. The Kier molecular flexibility index (Phi) is 4.79. The van der Waals surface area contributed by atoms with Crippen LogP contribution in [-0.2, 0) is 0 Å². The summed E-state index contributed by atoms with van der Waals surface area (Å²) in [6.45, 7) is 8.27. The van der Waals surface area contributed by atoms with Gasteiger partial charge in [-0.1, -0.05) is 32.0 Å². The van der Waals surface area contributed by atoms with Crippen LogP contribution in [0.1, 0.15) is 54.2 Å². The maximum atomic E-state index is 12.5. The molecule has 0 unspecified atom stereocenters. The quantitative estimate of drug-likeness (QED) is 0.930. The lowest BCUT2D eigenvalue weighted by atomic mass is 9.98. The summed E-state index contributed by atoms with van der Waals surface area (Å²) in [5.41, 5.74) is 3.40. The summed E-state index contributed by atoms with van der Waals surface area (Å²) >= 11 is 0. The third-order valence-electron chi connectivity index (χ3n) is 4.48. The van der Waals surface area contributed by atoms with E-state index in [2.05, 4.69) is 40.3 Å². The molecule has 3 rings (SSSR count). The maximum absolute atomic E-state index is 12.5. The number of nitrogens with one attached hydrogen (secondary N) is 1. The first kappa shape index (κ1) is 16.4. The van der Waals surface area contributed by atoms with Gasteiger partial charge in [-0.15, -0.1) is 10.2 Å². The molecular weight excluding hydrogens is 300 g/mol. The summed E-state index contributed by atoms with van der Waals surface area (Å²) in [5, 5.41) is 11.3. The van der Waals surface area contributed by atoms with E-state index in [0.29, 0.717) is 11.6 Å². The molecule has 1 N–H and O–H groups in total. The van der Waals surface area contributed by atoms with Gasteiger partial charge in [0.2, 0.25) is 0 Å². The second-order valence-corrected chi connectivity index (χ2v) is 6.62. The molecule has 1 aromatic carbocycles. The number of rotatable bonds is 4. The van der Waals surface area contributed by atoms with Crippen LogP contribution in [0.25, 0.3) is 0 Å². The van der Waals surface area contributed by atoms with E-state index >= 15 is 0 Å². The fourth-order valence-corrected chi connectivity index (χ4v) is 3.08. The van der Waals surface area contributed by atoms with Crippen molar-refractivity contribution in [3.8, 4) is 0 Å². The summed E-state index contributed by atoms with van der Waals surface area (Å²) in [6.07, 6.45) is 2.38. The van der Waals surface area contributed by atoms with Crippen molar-refractivity contribution in [2.75, 3.05) is 23.3 Å². The molecule has 5 nitrogen and oxygen atoms in total. The number of hydrogen-bond acceptors (Lipinski definition) is 4. The number of nitrogens with zero attached hydrogens (tertiary/aromatic N) is 3. The zero-order valence-corrected chi connectivity index (χ0v) is 14.5. The SMILES string of the molecule is Cc1cccc(C(C)C)c1NC(=O)c1ccc(N2CCCC2)nn1. The van der Waals surface area contributed by atoms with Gasteiger partial charge in [-0.25, -0.2) is 0 Å². The molecule has 1 aliphatic heterocycles. The van der Waals surface area contributed by atoms with Gasteiger partial charge < -0.3 is 10.2 Å². The Morgan fingerprint density at radius 3 is 2.50 bits per heavy atom. The average molecular weight is 324 g/mol. The van der Waals surface area contributed by atoms with Crippen LogP contribution in [0, 0.1) is 6.92 Å². The first-order chi connectivity index (χ1) is 11.6. The van der Waals surface area contributed by atoms with E-state index in [1.807, 2.05) is 25.1 Å². The standard InChI is InChI=1S/C19H24N4O/c1-13(2)15-8-6-7-14(3)18(15)20-19(24)16-9-10-17(22-21-16)23-11-4-5-12-23/h6-10,13H,4-5,11-12H2,1-3H3,(H,20,24). The number of amides is 1. The molecular formula is C19H24N4O. The van der Waals surface area contributed by atoms with Gasteiger partial charge in [-0.3, -0.25) is 4.79 Å². The smallest absolute Gasteiger partial charge is 0.276 e. The fourth-order valence-electron chi connectivity index (χ4n) is 3.08. The lowest BCUT2D eigenvalue weighted by Gasteiger charge is -2.17. The Morgan fingerprint density at radius 1 is 1.12 bits per heavy atom. The van der Waals surface area contributed by atoms with E-state index in [9.17, 15) is 4.79 Å². The van der Waals surface area contributed by atoms with Gasteiger partial charge >= 0.3 is 0 Å². The number of hydrogen-bond donors (Lipinski definition) is 1. The van der Waals surface area contributed by atoms with Crippen molar-refractivity contribution in [2.24, 2.45) is 0 Å². The van der Waals surface area contributed by atoms with Crippen LogP contribution < -0.4 is 10.2 Å². The summed E-state index contributed by atoms with van der Waals surface area (Å²) < 4.78 is 0. The lowest BCUT2D eigenvalue weighted by Crippen LogP contribution is -2.21. The Morgan fingerprint density at radius 2 is 1.88 bits per heavy atom. The van der Waals surface area contributed by atoms with E-state index < -0.39 is 0 Å². The van der Waals surface area contributed by atoms with Crippen molar-refractivity contribution in [2.45, 2.75) is 39.5 Å². The topological polar surface area (TPSA) is 58.1 Å². The third-order valence-corrected chi connectivity index (χ3v) is 4.48. The van der Waals surface area contributed by atoms with Gasteiger partial charge in [-0.2, -0.15) is 0 Å². The zero-order valence-electron chi connectivity index (χ0n) is 14.5. The molecule has 1 fully saturated rings. The molecule has 1 amide bonds. The lowest BCUT2D eigenvalue weighted by molar-refractivity contribution is 0.102. The molecule has 126 valence electrons. The van der Waals surface area contributed by atoms with E-state index in [0.717, 1.165) is 35.7 Å². The first-order valence-electron chi connectivity index (χ1n) is 8.56. The Bertz CT molecular complexity index is 719. The molecule has 1 saturated heterocycles. The van der Waals surface area contributed by atoms with Crippen LogP contribution in [0.4, 0.5) is 11.5 Å². The van der Waals surface area contributed by atoms with Crippen molar-refractivity contribution in [3.63, 3.8) is 0 Å². The van der Waals surface area contributed by atoms with E-state index in [-0.39, 0.29) is 5.91 Å². The monoisotopic (exact) mass is 324 g/mol. The Labute approximate surface area is 143 Å². The molecule has 2 heterocycles. The second-order valence-electron chi connectivity index (χ2n) is 6.62. The van der Waals surface area contributed by atoms with E-state index in [1.165, 1.54) is 12.8 Å². The summed E-state index contributed by atoms with van der Waals surface area (Å²) in [6, 6.07) is 9.71. The van der Waals surface area contributed by atoms with Crippen LogP contribution in [-0.4, -0.2) is 29.2 Å². The van der Waals surface area contributed by atoms with Gasteiger partial charge in [0.05, 0.1) is 0 Å². The molecule has 5 heteroatoms. The number of carbonyl (C=O) groups is 1. The Balaban J connectivity index is 1.78. The fraction of sp³-hybridized carbons (Fsp3) is 0.421. The minimum Gasteiger partial charge on any atom is -0.355 e. The van der Waals surface area contributed by atoms with Crippen molar-refractivity contribution >= 4 is 17.4 Å². The van der Waals surface area contributed by atoms with Crippen molar-refractivity contribution < 1.29 is 4.79 Å².